The van der Waals surface area contributed by atoms with Gasteiger partial charge in [-0.1, -0.05) is 51.5 Å². The van der Waals surface area contributed by atoms with Crippen LogP contribution in [0.4, 0.5) is 5.69 Å². The Kier molecular flexibility index (Phi) is 4.78. The van der Waals surface area contributed by atoms with Gasteiger partial charge in [-0.15, -0.1) is 0 Å². The number of anilines is 1. The van der Waals surface area contributed by atoms with Crippen LogP contribution in [0.5, 0.6) is 0 Å². The molecule has 21 heavy (non-hydrogen) atoms. The van der Waals surface area contributed by atoms with Gasteiger partial charge in [0.1, 0.15) is 5.69 Å². The van der Waals surface area contributed by atoms with Crippen LogP contribution in [-0.2, 0) is 6.54 Å². The minimum atomic E-state index is -0.203. The van der Waals surface area contributed by atoms with Crippen molar-refractivity contribution in [1.82, 2.24) is 9.78 Å². The summed E-state index contributed by atoms with van der Waals surface area (Å²) in [5.74, 6) is 0.496. The molecule has 0 aliphatic heterocycles. The molecule has 0 saturated heterocycles. The van der Waals surface area contributed by atoms with E-state index in [1.165, 1.54) is 10.2 Å². The summed E-state index contributed by atoms with van der Waals surface area (Å²) >= 11 is 0. The molecule has 0 amide bonds. The lowest BCUT2D eigenvalue weighted by atomic mass is 10.0. The van der Waals surface area contributed by atoms with Crippen molar-refractivity contribution < 1.29 is 0 Å². The summed E-state index contributed by atoms with van der Waals surface area (Å²) in [5, 5.41) is 4.44. The smallest absolute Gasteiger partial charge is 0.289 e. The number of hydrogen-bond donors (Lipinski definition) is 1. The number of aromatic nitrogens is 2. The standard InChI is InChI=1S/C17H23N3O/c1-4-5-10-20-17(21)15(18)11-16(19-20)14-8-6-13(7-9-14)12(2)3/h6-9,11-12H,4-5,10,18H2,1-3H3. The van der Waals surface area contributed by atoms with E-state index in [-0.39, 0.29) is 11.2 Å². The Morgan fingerprint density at radius 2 is 1.90 bits per heavy atom. The molecule has 2 aromatic rings. The van der Waals surface area contributed by atoms with Crippen molar-refractivity contribution in [2.24, 2.45) is 0 Å². The molecule has 112 valence electrons. The highest BCUT2D eigenvalue weighted by atomic mass is 16.1. The maximum atomic E-state index is 12.0. The van der Waals surface area contributed by atoms with E-state index in [1.807, 2.05) is 12.1 Å². The number of aryl methyl sites for hydroxylation is 1. The first-order valence-corrected chi connectivity index (χ1v) is 7.51. The van der Waals surface area contributed by atoms with Gasteiger partial charge in [0, 0.05) is 12.1 Å². The van der Waals surface area contributed by atoms with Crippen molar-refractivity contribution >= 4 is 5.69 Å². The second-order valence-corrected chi connectivity index (χ2v) is 5.64. The molecule has 0 bridgehead atoms. The molecule has 1 heterocycles. The lowest BCUT2D eigenvalue weighted by Gasteiger charge is -2.10. The van der Waals surface area contributed by atoms with Crippen molar-refractivity contribution in [2.45, 2.75) is 46.1 Å². The largest absolute Gasteiger partial charge is 0.394 e. The molecule has 0 radical (unpaired) electrons. The highest BCUT2D eigenvalue weighted by Gasteiger charge is 2.08. The van der Waals surface area contributed by atoms with E-state index in [0.29, 0.717) is 12.5 Å². The molecule has 0 atom stereocenters. The van der Waals surface area contributed by atoms with E-state index in [0.717, 1.165) is 24.1 Å². The van der Waals surface area contributed by atoms with Gasteiger partial charge in [-0.05, 0) is 24.0 Å². The SMILES string of the molecule is CCCCn1nc(-c2ccc(C(C)C)cc2)cc(N)c1=O. The molecule has 0 spiro atoms. The first-order chi connectivity index (χ1) is 10.0. The van der Waals surface area contributed by atoms with Gasteiger partial charge >= 0.3 is 0 Å². The summed E-state index contributed by atoms with van der Waals surface area (Å²) in [6, 6.07) is 9.92. The average molecular weight is 285 g/mol. The average Bonchev–Trinajstić information content (AvgIpc) is 2.48. The first-order valence-electron chi connectivity index (χ1n) is 7.51. The molecule has 4 nitrogen and oxygen atoms in total. The molecular weight excluding hydrogens is 262 g/mol. The summed E-state index contributed by atoms with van der Waals surface area (Å²) in [5.41, 5.74) is 8.90. The third-order valence-corrected chi connectivity index (χ3v) is 3.60. The molecular formula is C17H23N3O. The van der Waals surface area contributed by atoms with E-state index < -0.39 is 0 Å². The lowest BCUT2D eigenvalue weighted by Crippen LogP contribution is -2.25. The fraction of sp³-hybridized carbons (Fsp3) is 0.412. The van der Waals surface area contributed by atoms with Crippen LogP contribution >= 0.6 is 0 Å². The van der Waals surface area contributed by atoms with Crippen LogP contribution in [0.3, 0.4) is 0 Å². The van der Waals surface area contributed by atoms with Crippen molar-refractivity contribution in [3.8, 4) is 11.3 Å². The Labute approximate surface area is 125 Å². The van der Waals surface area contributed by atoms with E-state index >= 15 is 0 Å². The number of nitrogens with zero attached hydrogens (tertiary/aromatic N) is 2. The number of hydrogen-bond acceptors (Lipinski definition) is 3. The van der Waals surface area contributed by atoms with Crippen molar-refractivity contribution in [3.63, 3.8) is 0 Å². The van der Waals surface area contributed by atoms with Gasteiger partial charge in [0.25, 0.3) is 5.56 Å². The van der Waals surface area contributed by atoms with Crippen LogP contribution in [0.2, 0.25) is 0 Å². The molecule has 0 fully saturated rings. The van der Waals surface area contributed by atoms with Gasteiger partial charge in [-0.25, -0.2) is 4.68 Å². The topological polar surface area (TPSA) is 60.9 Å². The summed E-state index contributed by atoms with van der Waals surface area (Å²) < 4.78 is 1.48. The Balaban J connectivity index is 2.39. The zero-order chi connectivity index (χ0) is 15.4. The molecule has 0 aliphatic carbocycles. The summed E-state index contributed by atoms with van der Waals surface area (Å²) in [6.07, 6.45) is 1.93. The quantitative estimate of drug-likeness (QED) is 0.915. The molecule has 2 N–H and O–H groups in total. The summed E-state index contributed by atoms with van der Waals surface area (Å²) in [6.45, 7) is 7.02. The molecule has 0 aliphatic rings. The van der Waals surface area contributed by atoms with Crippen molar-refractivity contribution in [3.05, 3.63) is 46.2 Å². The van der Waals surface area contributed by atoms with Gasteiger partial charge in [-0.3, -0.25) is 4.79 Å². The predicted molar refractivity (Wildman–Crippen MR) is 87.3 cm³/mol. The Morgan fingerprint density at radius 1 is 1.24 bits per heavy atom. The first kappa shape index (κ1) is 15.3. The second kappa shape index (κ2) is 6.57. The third-order valence-electron chi connectivity index (χ3n) is 3.60. The van der Waals surface area contributed by atoms with E-state index in [2.05, 4.69) is 38.0 Å². The normalized spacial score (nSPS) is 11.0. The minimum Gasteiger partial charge on any atom is -0.394 e. The molecule has 1 aromatic heterocycles. The van der Waals surface area contributed by atoms with Crippen molar-refractivity contribution in [2.75, 3.05) is 5.73 Å². The maximum Gasteiger partial charge on any atom is 0.289 e. The molecule has 0 unspecified atom stereocenters. The van der Waals surface area contributed by atoms with Crippen LogP contribution < -0.4 is 11.3 Å². The van der Waals surface area contributed by atoms with Crippen LogP contribution in [0.1, 0.15) is 45.1 Å². The lowest BCUT2D eigenvalue weighted by molar-refractivity contribution is 0.547. The maximum absolute atomic E-state index is 12.0. The number of unbranched alkanes of at least 4 members (excludes halogenated alkanes) is 1. The summed E-state index contributed by atoms with van der Waals surface area (Å²) in [7, 11) is 0. The number of rotatable bonds is 5. The van der Waals surface area contributed by atoms with Gasteiger partial charge in [0.15, 0.2) is 0 Å². The van der Waals surface area contributed by atoms with Crippen LogP contribution in [0.25, 0.3) is 11.3 Å². The van der Waals surface area contributed by atoms with Gasteiger partial charge < -0.3 is 5.73 Å². The van der Waals surface area contributed by atoms with Crippen LogP contribution in [0, 0.1) is 0 Å². The zero-order valence-corrected chi connectivity index (χ0v) is 13.0. The Bertz CT molecular complexity index is 657. The van der Waals surface area contributed by atoms with Gasteiger partial charge in [0.2, 0.25) is 0 Å². The van der Waals surface area contributed by atoms with E-state index in [4.69, 9.17) is 5.73 Å². The third kappa shape index (κ3) is 3.51. The molecule has 4 heteroatoms. The summed E-state index contributed by atoms with van der Waals surface area (Å²) in [4.78, 5) is 12.0. The van der Waals surface area contributed by atoms with Crippen LogP contribution in [0.15, 0.2) is 35.1 Å². The van der Waals surface area contributed by atoms with Gasteiger partial charge in [-0.2, -0.15) is 5.10 Å². The second-order valence-electron chi connectivity index (χ2n) is 5.64. The molecule has 2 rings (SSSR count). The number of nitrogen functional groups attached to an aromatic ring is 1. The fourth-order valence-electron chi connectivity index (χ4n) is 2.20. The van der Waals surface area contributed by atoms with E-state index in [9.17, 15) is 4.79 Å². The molecule has 1 aromatic carbocycles. The fourth-order valence-corrected chi connectivity index (χ4v) is 2.20. The predicted octanol–water partition coefficient (Wildman–Crippen LogP) is 3.42. The molecule has 0 saturated carbocycles. The monoisotopic (exact) mass is 285 g/mol. The van der Waals surface area contributed by atoms with E-state index in [1.54, 1.807) is 6.07 Å². The van der Waals surface area contributed by atoms with Crippen molar-refractivity contribution in [1.29, 1.82) is 0 Å². The number of benzene rings is 1. The minimum absolute atomic E-state index is 0.203. The van der Waals surface area contributed by atoms with Gasteiger partial charge in [0.05, 0.1) is 5.69 Å². The Hall–Kier alpha value is -2.10. The number of nitrogens with two attached hydrogens (primary N) is 1. The highest BCUT2D eigenvalue weighted by Crippen LogP contribution is 2.21. The zero-order valence-electron chi connectivity index (χ0n) is 13.0. The van der Waals surface area contributed by atoms with Crippen LogP contribution in [-0.4, -0.2) is 9.78 Å². The Morgan fingerprint density at radius 3 is 2.48 bits per heavy atom. The highest BCUT2D eigenvalue weighted by molar-refractivity contribution is 5.62.